The van der Waals surface area contributed by atoms with Gasteiger partial charge in [0.15, 0.2) is 0 Å². The van der Waals surface area contributed by atoms with E-state index in [1.165, 1.54) is 19.2 Å². The number of methoxy groups -OCH3 is 1. The number of alkyl carbamates (subject to hydrolysis) is 1. The van der Waals surface area contributed by atoms with E-state index in [-0.39, 0.29) is 11.4 Å². The number of nitrogens with one attached hydrogen (secondary N) is 2. The van der Waals surface area contributed by atoms with E-state index in [1.807, 2.05) is 0 Å². The summed E-state index contributed by atoms with van der Waals surface area (Å²) in [5.41, 5.74) is 10.5. The number of carbonyl (C=O) groups excluding carboxylic acids is 2. The molecule has 4 N–H and O–H groups in total. The summed E-state index contributed by atoms with van der Waals surface area (Å²) in [5, 5.41) is 24.8. The molecule has 0 aliphatic heterocycles. The number of nitrogens with zero attached hydrogens (tertiary/aromatic N) is 4. The Hall–Kier alpha value is -4.86. The van der Waals surface area contributed by atoms with Gasteiger partial charge in [-0.05, 0) is 81.0 Å². The molecule has 0 bridgehead atoms. The van der Waals surface area contributed by atoms with Gasteiger partial charge < -0.3 is 29.9 Å². The number of rotatable bonds is 15. The topological polar surface area (TPSA) is 237 Å². The van der Waals surface area contributed by atoms with Crippen LogP contribution in [-0.4, -0.2) is 78.8 Å². The van der Waals surface area contributed by atoms with Gasteiger partial charge in [-0.2, -0.15) is 0 Å². The Morgan fingerprint density at radius 1 is 1.04 bits per heavy atom. The molecule has 256 valence electrons. The maximum atomic E-state index is 13.6. The Balaban J connectivity index is 2.37. The first-order valence-corrected chi connectivity index (χ1v) is 15.8. The van der Waals surface area contributed by atoms with E-state index in [0.29, 0.717) is 33.6 Å². The molecule has 0 fully saturated rings. The second-order valence-corrected chi connectivity index (χ2v) is 13.3. The number of aryl methyl sites for hydroxylation is 1. The summed E-state index contributed by atoms with van der Waals surface area (Å²) in [6, 6.07) is 4.35. The molecule has 0 aromatic heterocycles. The van der Waals surface area contributed by atoms with Crippen molar-refractivity contribution in [2.45, 2.75) is 83.6 Å². The molecular formula is C30H40N6O10S. The second-order valence-electron chi connectivity index (χ2n) is 11.6. The van der Waals surface area contributed by atoms with E-state index in [9.17, 15) is 37.8 Å². The van der Waals surface area contributed by atoms with Crippen LogP contribution in [0.25, 0.3) is 10.4 Å². The molecule has 0 spiro atoms. The van der Waals surface area contributed by atoms with Gasteiger partial charge in [-0.3, -0.25) is 9.59 Å². The number of ether oxygens (including phenoxy) is 2. The minimum absolute atomic E-state index is 0.0972. The predicted molar refractivity (Wildman–Crippen MR) is 169 cm³/mol. The molecule has 1 unspecified atom stereocenters. The Bertz CT molecular complexity index is 1650. The van der Waals surface area contributed by atoms with Crippen molar-refractivity contribution in [2.24, 2.45) is 5.11 Å². The number of carboxylic acids is 2. The summed E-state index contributed by atoms with van der Waals surface area (Å²) in [5.74, 6) is -3.58. The van der Waals surface area contributed by atoms with Crippen molar-refractivity contribution >= 4 is 34.0 Å². The molecule has 0 saturated heterocycles. The molecule has 2 aromatic carbocycles. The summed E-state index contributed by atoms with van der Waals surface area (Å²) in [6.07, 6.45) is -2.01. The lowest BCUT2D eigenvalue weighted by Gasteiger charge is -2.32. The summed E-state index contributed by atoms with van der Waals surface area (Å²) in [4.78, 5) is 53.3. The van der Waals surface area contributed by atoms with Crippen LogP contribution >= 0.6 is 0 Å². The first-order valence-electron chi connectivity index (χ1n) is 14.3. The number of aliphatic carboxylic acids is 2. The summed E-state index contributed by atoms with van der Waals surface area (Å²) in [7, 11) is -2.43. The molecule has 16 nitrogen and oxygen atoms in total. The van der Waals surface area contributed by atoms with E-state index in [1.54, 1.807) is 59.7 Å². The maximum absolute atomic E-state index is 13.6. The van der Waals surface area contributed by atoms with E-state index < -0.39 is 71.2 Å². The van der Waals surface area contributed by atoms with E-state index in [4.69, 9.17) is 15.0 Å². The lowest BCUT2D eigenvalue weighted by atomic mass is 10.1. The molecule has 0 aliphatic rings. The number of carboxylic acid groups (broad SMARTS) is 2. The highest BCUT2D eigenvalue weighted by atomic mass is 32.2. The van der Waals surface area contributed by atoms with Crippen molar-refractivity contribution < 1.29 is 47.3 Å². The van der Waals surface area contributed by atoms with Crippen LogP contribution in [0.3, 0.4) is 0 Å². The number of hydrogen-bond donors (Lipinski definition) is 4. The molecule has 0 aliphatic carbocycles. The van der Waals surface area contributed by atoms with Gasteiger partial charge in [0.2, 0.25) is 15.9 Å². The third-order valence-electron chi connectivity index (χ3n) is 6.94. The average molecular weight is 677 g/mol. The largest absolute Gasteiger partial charge is 0.496 e. The van der Waals surface area contributed by atoms with E-state index >= 15 is 0 Å². The highest BCUT2D eigenvalue weighted by Gasteiger charge is 2.36. The molecule has 2 rings (SSSR count). The summed E-state index contributed by atoms with van der Waals surface area (Å²) in [6.45, 7) is 8.72. The number of carbonyl (C=O) groups is 4. The molecule has 0 saturated carbocycles. The van der Waals surface area contributed by atoms with Gasteiger partial charge in [0.05, 0.1) is 25.0 Å². The molecular weight excluding hydrogens is 636 g/mol. The van der Waals surface area contributed by atoms with Gasteiger partial charge in [-0.25, -0.2) is 22.7 Å². The van der Waals surface area contributed by atoms with Crippen molar-refractivity contribution in [3.63, 3.8) is 0 Å². The molecule has 0 heterocycles. The van der Waals surface area contributed by atoms with Crippen molar-refractivity contribution in [2.75, 3.05) is 13.7 Å². The standard InChI is InChI=1S/C30H40N6O10S/c1-17-12-24(45-7)18(2)19(3)26(17)47(43,44)33-14-20-8-10-21(11-9-20)16-36(23(28(40)41)13-25(37)38)27(39)22(15-32-35-31)34-29(42)46-30(4,5)6/h8-12,22-23,33H,13-16H2,1-7H3,(H,34,42)(H,37,38)(H,40,41)/t22-,23?/m1/s1. The van der Waals surface area contributed by atoms with Crippen LogP contribution in [0.1, 0.15) is 55.0 Å². The minimum Gasteiger partial charge on any atom is -0.496 e. The zero-order valence-electron chi connectivity index (χ0n) is 27.2. The summed E-state index contributed by atoms with van der Waals surface area (Å²) < 4.78 is 39.5. The fourth-order valence-corrected chi connectivity index (χ4v) is 6.19. The third-order valence-corrected chi connectivity index (χ3v) is 8.63. The van der Waals surface area contributed by atoms with Crippen molar-refractivity contribution in [3.05, 3.63) is 68.6 Å². The van der Waals surface area contributed by atoms with Crippen molar-refractivity contribution in [1.29, 1.82) is 0 Å². The average Bonchev–Trinajstić information content (AvgIpc) is 2.96. The van der Waals surface area contributed by atoms with Crippen LogP contribution in [0.4, 0.5) is 4.79 Å². The molecule has 2 aromatic rings. The lowest BCUT2D eigenvalue weighted by Crippen LogP contribution is -2.55. The monoisotopic (exact) mass is 676 g/mol. The predicted octanol–water partition coefficient (Wildman–Crippen LogP) is 3.56. The maximum Gasteiger partial charge on any atom is 0.408 e. The van der Waals surface area contributed by atoms with Crippen LogP contribution in [0.2, 0.25) is 0 Å². The lowest BCUT2D eigenvalue weighted by molar-refractivity contribution is -0.155. The van der Waals surface area contributed by atoms with Crippen LogP contribution in [0.15, 0.2) is 40.3 Å². The van der Waals surface area contributed by atoms with Gasteiger partial charge in [0.1, 0.15) is 23.4 Å². The Morgan fingerprint density at radius 3 is 2.15 bits per heavy atom. The quantitative estimate of drug-likeness (QED) is 0.121. The van der Waals surface area contributed by atoms with E-state index in [0.717, 1.165) is 4.90 Å². The normalized spacial score (nSPS) is 12.7. The molecule has 47 heavy (non-hydrogen) atoms. The zero-order chi connectivity index (χ0) is 35.7. The van der Waals surface area contributed by atoms with Crippen molar-refractivity contribution in [1.82, 2.24) is 14.9 Å². The number of azide groups is 1. The van der Waals surface area contributed by atoms with E-state index in [2.05, 4.69) is 20.1 Å². The molecule has 17 heteroatoms. The van der Waals surface area contributed by atoms with Crippen LogP contribution in [0.5, 0.6) is 5.75 Å². The Morgan fingerprint density at radius 2 is 1.64 bits per heavy atom. The molecule has 0 radical (unpaired) electrons. The number of hydrogen-bond acceptors (Lipinski definition) is 9. The molecule has 2 amide bonds. The molecule has 2 atom stereocenters. The SMILES string of the molecule is COc1cc(C)c(S(=O)(=O)NCc2ccc(CN(C(=O)[C@@H](CN=[N+]=[N-])NC(=O)OC(C)(C)C)C(CC(=O)O)C(=O)O)cc2)c(C)c1C. The van der Waals surface area contributed by atoms with Crippen LogP contribution < -0.4 is 14.8 Å². The van der Waals surface area contributed by atoms with Gasteiger partial charge in [-0.1, -0.05) is 29.4 Å². The summed E-state index contributed by atoms with van der Waals surface area (Å²) >= 11 is 0. The zero-order valence-corrected chi connectivity index (χ0v) is 28.0. The van der Waals surface area contributed by atoms with Crippen LogP contribution in [0, 0.1) is 20.8 Å². The first-order chi connectivity index (χ1) is 21.8. The number of benzene rings is 2. The minimum atomic E-state index is -3.94. The first kappa shape index (κ1) is 38.3. The highest BCUT2D eigenvalue weighted by Crippen LogP contribution is 2.30. The number of sulfonamides is 1. The number of amides is 2. The fourth-order valence-electron chi connectivity index (χ4n) is 4.65. The van der Waals surface area contributed by atoms with Gasteiger partial charge >= 0.3 is 18.0 Å². The van der Waals surface area contributed by atoms with Crippen molar-refractivity contribution in [3.8, 4) is 5.75 Å². The third kappa shape index (κ3) is 10.9. The van der Waals surface area contributed by atoms with Crippen LogP contribution in [-0.2, 0) is 42.2 Å². The van der Waals surface area contributed by atoms with Gasteiger partial charge in [0, 0.05) is 18.0 Å². The Labute approximate surface area is 272 Å². The fraction of sp³-hybridized carbons (Fsp3) is 0.467. The van der Waals surface area contributed by atoms with Gasteiger partial charge in [0.25, 0.3) is 0 Å². The smallest absolute Gasteiger partial charge is 0.408 e. The Kier molecular flexibility index (Phi) is 13.1. The second kappa shape index (κ2) is 16.1. The van der Waals surface area contributed by atoms with Gasteiger partial charge in [-0.15, -0.1) is 0 Å². The highest BCUT2D eigenvalue weighted by molar-refractivity contribution is 7.89.